The molecular formula is C28H41FN2O5. The van der Waals surface area contributed by atoms with Crippen molar-refractivity contribution in [2.45, 2.75) is 45.6 Å². The van der Waals surface area contributed by atoms with Crippen LogP contribution in [0.3, 0.4) is 0 Å². The smallest absolute Gasteiger partial charge is 0.407 e. The minimum Gasteiger partial charge on any atom is -0.444 e. The van der Waals surface area contributed by atoms with Crippen molar-refractivity contribution < 1.29 is 28.1 Å². The largest absolute Gasteiger partial charge is 0.444 e. The van der Waals surface area contributed by atoms with Gasteiger partial charge in [-0.3, -0.25) is 4.90 Å². The summed E-state index contributed by atoms with van der Waals surface area (Å²) in [5.41, 5.74) is 1.78. The van der Waals surface area contributed by atoms with Crippen molar-refractivity contribution in [2.75, 3.05) is 52.7 Å². The molecule has 0 fully saturated rings. The molecule has 0 aliphatic rings. The van der Waals surface area contributed by atoms with Gasteiger partial charge in [0.1, 0.15) is 11.8 Å². The van der Waals surface area contributed by atoms with E-state index in [9.17, 15) is 9.18 Å². The van der Waals surface area contributed by atoms with Crippen molar-refractivity contribution in [3.63, 3.8) is 0 Å². The molecule has 0 aliphatic carbocycles. The first-order valence-corrected chi connectivity index (χ1v) is 12.5. The third kappa shape index (κ3) is 14.8. The maximum Gasteiger partial charge on any atom is 0.407 e. The monoisotopic (exact) mass is 504 g/mol. The second-order valence-electron chi connectivity index (χ2n) is 9.47. The number of rotatable bonds is 17. The Labute approximate surface area is 214 Å². The molecule has 0 spiro atoms. The van der Waals surface area contributed by atoms with Gasteiger partial charge in [0, 0.05) is 26.2 Å². The van der Waals surface area contributed by atoms with E-state index in [-0.39, 0.29) is 13.2 Å². The lowest BCUT2D eigenvalue weighted by Gasteiger charge is -2.24. The van der Waals surface area contributed by atoms with Gasteiger partial charge in [0.05, 0.1) is 39.6 Å². The zero-order valence-electron chi connectivity index (χ0n) is 21.8. The summed E-state index contributed by atoms with van der Waals surface area (Å²) in [6, 6.07) is 20.2. The number of alkyl halides is 1. The molecule has 1 N–H and O–H groups in total. The molecule has 0 saturated carbocycles. The average Bonchev–Trinajstić information content (AvgIpc) is 2.82. The van der Waals surface area contributed by atoms with Gasteiger partial charge >= 0.3 is 6.09 Å². The first kappa shape index (κ1) is 29.7. The maximum absolute atomic E-state index is 14.7. The summed E-state index contributed by atoms with van der Waals surface area (Å²) in [6.07, 6.45) is -1.56. The minimum absolute atomic E-state index is 0.0241. The summed E-state index contributed by atoms with van der Waals surface area (Å²) in [5.74, 6) is 0. The number of nitrogens with zero attached hydrogens (tertiary/aromatic N) is 1. The number of hydrogen-bond acceptors (Lipinski definition) is 6. The predicted octanol–water partition coefficient (Wildman–Crippen LogP) is 4.60. The van der Waals surface area contributed by atoms with Gasteiger partial charge in [0.25, 0.3) is 0 Å². The number of hydrogen-bond donors (Lipinski definition) is 1. The summed E-state index contributed by atoms with van der Waals surface area (Å²) < 4.78 is 36.2. The lowest BCUT2D eigenvalue weighted by atomic mass is 10.1. The zero-order chi connectivity index (χ0) is 26.1. The van der Waals surface area contributed by atoms with Crippen LogP contribution in [0.2, 0.25) is 0 Å². The van der Waals surface area contributed by atoms with Crippen LogP contribution in [-0.4, -0.2) is 75.5 Å². The molecule has 0 aliphatic heterocycles. The molecule has 2 aromatic carbocycles. The summed E-state index contributed by atoms with van der Waals surface area (Å²) in [6.45, 7) is 9.30. The normalized spacial score (nSPS) is 12.5. The van der Waals surface area contributed by atoms with E-state index < -0.39 is 17.9 Å². The standard InChI is InChI=1S/C28H41FN2O5/c1-28(2,3)36-27(32)30-14-15-33-16-17-34-18-19-35-23-26(29)22-31(20-24-10-6-4-7-11-24)21-25-12-8-5-9-13-25/h4-13,26H,14-23H2,1-3H3,(H,30,32). The zero-order valence-corrected chi connectivity index (χ0v) is 21.8. The van der Waals surface area contributed by atoms with E-state index in [4.69, 9.17) is 18.9 Å². The Morgan fingerprint density at radius 3 is 1.86 bits per heavy atom. The molecule has 0 radical (unpaired) electrons. The number of alkyl carbamates (subject to hydrolysis) is 1. The molecule has 2 aromatic rings. The predicted molar refractivity (Wildman–Crippen MR) is 139 cm³/mol. The molecule has 1 atom stereocenters. The summed E-state index contributed by atoms with van der Waals surface area (Å²) in [5, 5.41) is 2.62. The second-order valence-corrected chi connectivity index (χ2v) is 9.47. The quantitative estimate of drug-likeness (QED) is 0.318. The highest BCUT2D eigenvalue weighted by Gasteiger charge is 2.16. The van der Waals surface area contributed by atoms with E-state index >= 15 is 0 Å². The van der Waals surface area contributed by atoms with Crippen LogP contribution in [0.25, 0.3) is 0 Å². The number of carbonyl (C=O) groups excluding carboxylic acids is 1. The Kier molecular flexibility index (Phi) is 14.1. The van der Waals surface area contributed by atoms with Gasteiger partial charge in [-0.05, 0) is 31.9 Å². The molecule has 36 heavy (non-hydrogen) atoms. The summed E-state index contributed by atoms with van der Waals surface area (Å²) in [4.78, 5) is 13.6. The van der Waals surface area contributed by atoms with E-state index in [1.54, 1.807) is 0 Å². The first-order chi connectivity index (χ1) is 17.3. The van der Waals surface area contributed by atoms with Crippen LogP contribution < -0.4 is 5.32 Å². The fourth-order valence-electron chi connectivity index (χ4n) is 3.39. The Bertz CT molecular complexity index is 791. The number of amides is 1. The Balaban J connectivity index is 1.54. The highest BCUT2D eigenvalue weighted by atomic mass is 19.1. The second kappa shape index (κ2) is 17.0. The van der Waals surface area contributed by atoms with Crippen molar-refractivity contribution >= 4 is 6.09 Å². The molecule has 7 nitrogen and oxygen atoms in total. The number of ether oxygens (including phenoxy) is 4. The molecule has 8 heteroatoms. The molecule has 1 amide bonds. The van der Waals surface area contributed by atoms with Gasteiger partial charge in [-0.15, -0.1) is 0 Å². The minimum atomic E-state index is -1.10. The number of nitrogens with one attached hydrogen (secondary N) is 1. The van der Waals surface area contributed by atoms with Crippen LogP contribution in [0.4, 0.5) is 9.18 Å². The van der Waals surface area contributed by atoms with Gasteiger partial charge in [0.2, 0.25) is 0 Å². The van der Waals surface area contributed by atoms with Crippen molar-refractivity contribution in [2.24, 2.45) is 0 Å². The Morgan fingerprint density at radius 2 is 1.33 bits per heavy atom. The summed E-state index contributed by atoms with van der Waals surface area (Å²) >= 11 is 0. The van der Waals surface area contributed by atoms with Gasteiger partial charge in [-0.25, -0.2) is 9.18 Å². The molecule has 0 aromatic heterocycles. The lowest BCUT2D eigenvalue weighted by molar-refractivity contribution is -0.000947. The molecule has 0 heterocycles. The van der Waals surface area contributed by atoms with Crippen LogP contribution >= 0.6 is 0 Å². The van der Waals surface area contributed by atoms with Crippen LogP contribution in [0.5, 0.6) is 0 Å². The average molecular weight is 505 g/mol. The number of halogens is 1. The Morgan fingerprint density at radius 1 is 0.833 bits per heavy atom. The third-order valence-electron chi connectivity index (χ3n) is 4.91. The number of carbonyl (C=O) groups is 1. The topological polar surface area (TPSA) is 69.3 Å². The highest BCUT2D eigenvalue weighted by Crippen LogP contribution is 2.12. The van der Waals surface area contributed by atoms with E-state index in [1.807, 2.05) is 57.2 Å². The van der Waals surface area contributed by atoms with Gasteiger partial charge in [0.15, 0.2) is 0 Å². The van der Waals surface area contributed by atoms with E-state index in [1.165, 1.54) is 0 Å². The van der Waals surface area contributed by atoms with E-state index in [0.717, 1.165) is 11.1 Å². The van der Waals surface area contributed by atoms with Crippen molar-refractivity contribution in [1.82, 2.24) is 10.2 Å². The fraction of sp³-hybridized carbons (Fsp3) is 0.536. The lowest BCUT2D eigenvalue weighted by Crippen LogP contribution is -2.34. The van der Waals surface area contributed by atoms with Crippen molar-refractivity contribution in [3.05, 3.63) is 71.8 Å². The van der Waals surface area contributed by atoms with Crippen molar-refractivity contribution in [1.29, 1.82) is 0 Å². The van der Waals surface area contributed by atoms with Gasteiger partial charge in [-0.2, -0.15) is 0 Å². The molecule has 2 rings (SSSR count). The van der Waals surface area contributed by atoms with Gasteiger partial charge < -0.3 is 24.3 Å². The fourth-order valence-corrected chi connectivity index (χ4v) is 3.39. The number of benzene rings is 2. The van der Waals surface area contributed by atoms with Crippen LogP contribution in [-0.2, 0) is 32.0 Å². The molecule has 1 unspecified atom stereocenters. The molecule has 0 saturated heterocycles. The van der Waals surface area contributed by atoms with E-state index in [2.05, 4.69) is 34.5 Å². The van der Waals surface area contributed by atoms with Crippen molar-refractivity contribution in [3.8, 4) is 0 Å². The van der Waals surface area contributed by atoms with E-state index in [0.29, 0.717) is 52.7 Å². The summed E-state index contributed by atoms with van der Waals surface area (Å²) in [7, 11) is 0. The molecular weight excluding hydrogens is 463 g/mol. The van der Waals surface area contributed by atoms with Gasteiger partial charge in [-0.1, -0.05) is 60.7 Å². The van der Waals surface area contributed by atoms with Crippen LogP contribution in [0.15, 0.2) is 60.7 Å². The molecule has 0 bridgehead atoms. The first-order valence-electron chi connectivity index (χ1n) is 12.5. The Hall–Kier alpha value is -2.52. The molecule has 200 valence electrons. The van der Waals surface area contributed by atoms with Crippen LogP contribution in [0.1, 0.15) is 31.9 Å². The highest BCUT2D eigenvalue weighted by molar-refractivity contribution is 5.67. The third-order valence-corrected chi connectivity index (χ3v) is 4.91. The SMILES string of the molecule is CC(C)(C)OC(=O)NCCOCCOCCOCC(F)CN(Cc1ccccc1)Cc1ccccc1. The van der Waals surface area contributed by atoms with Crippen LogP contribution in [0, 0.1) is 0 Å². The maximum atomic E-state index is 14.7.